The van der Waals surface area contributed by atoms with Gasteiger partial charge in [-0.25, -0.2) is 0 Å². The zero-order valence-electron chi connectivity index (χ0n) is 12.1. The average molecular weight is 300 g/mol. The van der Waals surface area contributed by atoms with Crippen molar-refractivity contribution in [2.75, 3.05) is 13.6 Å². The molecule has 0 aliphatic heterocycles. The Kier molecular flexibility index (Phi) is 6.18. The summed E-state index contributed by atoms with van der Waals surface area (Å²) in [4.78, 5) is 1.47. The molecule has 0 radical (unpaired) electrons. The molecule has 3 heteroatoms. The van der Waals surface area contributed by atoms with Crippen molar-refractivity contribution in [2.24, 2.45) is 17.8 Å². The molecule has 1 aromatic heterocycles. The fourth-order valence-corrected chi connectivity index (χ4v) is 4.78. The molecule has 0 saturated heterocycles. The van der Waals surface area contributed by atoms with E-state index in [4.69, 9.17) is 11.6 Å². The normalized spacial score (nSPS) is 27.6. The van der Waals surface area contributed by atoms with E-state index in [9.17, 15) is 0 Å². The summed E-state index contributed by atoms with van der Waals surface area (Å²) in [6, 6.07) is 4.26. The molecule has 0 bridgehead atoms. The Bertz CT molecular complexity index is 377. The monoisotopic (exact) mass is 299 g/mol. The molecule has 1 N–H and O–H groups in total. The number of thiophene rings is 1. The topological polar surface area (TPSA) is 12.0 Å². The molecule has 1 heterocycles. The van der Waals surface area contributed by atoms with Gasteiger partial charge in [0.25, 0.3) is 0 Å². The van der Waals surface area contributed by atoms with E-state index in [1.807, 2.05) is 6.07 Å². The van der Waals surface area contributed by atoms with Crippen LogP contribution in [0.4, 0.5) is 0 Å². The Morgan fingerprint density at radius 2 is 2.16 bits per heavy atom. The SMILES string of the molecule is CCCC1CCC(CNC)C(Cc2ccc(Cl)s2)C1. The lowest BCUT2D eigenvalue weighted by Gasteiger charge is -2.36. The number of hydrogen-bond donors (Lipinski definition) is 1. The Hall–Kier alpha value is -0.0500. The number of hydrogen-bond acceptors (Lipinski definition) is 2. The van der Waals surface area contributed by atoms with Gasteiger partial charge in [0.15, 0.2) is 0 Å². The molecular weight excluding hydrogens is 274 g/mol. The van der Waals surface area contributed by atoms with Crippen molar-refractivity contribution < 1.29 is 0 Å². The van der Waals surface area contributed by atoms with Crippen molar-refractivity contribution in [1.29, 1.82) is 0 Å². The van der Waals surface area contributed by atoms with Crippen LogP contribution in [0.3, 0.4) is 0 Å². The van der Waals surface area contributed by atoms with E-state index < -0.39 is 0 Å². The molecule has 2 rings (SSSR count). The third-order valence-electron chi connectivity index (χ3n) is 4.50. The summed E-state index contributed by atoms with van der Waals surface area (Å²) in [5.41, 5.74) is 0. The number of nitrogens with one attached hydrogen (secondary N) is 1. The van der Waals surface area contributed by atoms with Crippen LogP contribution < -0.4 is 5.32 Å². The summed E-state index contributed by atoms with van der Waals surface area (Å²) in [7, 11) is 2.08. The van der Waals surface area contributed by atoms with E-state index in [0.29, 0.717) is 0 Å². The molecule has 108 valence electrons. The van der Waals surface area contributed by atoms with E-state index in [0.717, 1.165) is 22.1 Å². The van der Waals surface area contributed by atoms with Crippen molar-refractivity contribution in [1.82, 2.24) is 5.32 Å². The second kappa shape index (κ2) is 7.66. The third kappa shape index (κ3) is 4.47. The first-order chi connectivity index (χ1) is 9.22. The molecule has 3 atom stereocenters. The quantitative estimate of drug-likeness (QED) is 0.780. The summed E-state index contributed by atoms with van der Waals surface area (Å²) < 4.78 is 0.932. The fourth-order valence-electron chi connectivity index (χ4n) is 3.60. The van der Waals surface area contributed by atoms with Gasteiger partial charge < -0.3 is 5.32 Å². The van der Waals surface area contributed by atoms with Gasteiger partial charge in [-0.15, -0.1) is 11.3 Å². The van der Waals surface area contributed by atoms with Crippen molar-refractivity contribution in [3.8, 4) is 0 Å². The molecule has 3 unspecified atom stereocenters. The minimum atomic E-state index is 0.840. The first-order valence-corrected chi connectivity index (χ1v) is 8.81. The lowest BCUT2D eigenvalue weighted by Crippen LogP contribution is -2.32. The van der Waals surface area contributed by atoms with Gasteiger partial charge in [-0.3, -0.25) is 0 Å². The maximum absolute atomic E-state index is 6.06. The van der Waals surface area contributed by atoms with Gasteiger partial charge in [0.1, 0.15) is 0 Å². The first-order valence-electron chi connectivity index (χ1n) is 7.61. The molecule has 1 aliphatic carbocycles. The molecular formula is C16H26ClNS. The van der Waals surface area contributed by atoms with Gasteiger partial charge in [0, 0.05) is 4.88 Å². The van der Waals surface area contributed by atoms with Gasteiger partial charge in [0.2, 0.25) is 0 Å². The maximum Gasteiger partial charge on any atom is 0.0931 e. The molecule has 1 saturated carbocycles. The lowest BCUT2D eigenvalue weighted by atomic mass is 9.71. The summed E-state index contributed by atoms with van der Waals surface area (Å²) >= 11 is 7.82. The molecule has 1 fully saturated rings. The van der Waals surface area contributed by atoms with Crippen molar-refractivity contribution >= 4 is 22.9 Å². The van der Waals surface area contributed by atoms with E-state index in [1.165, 1.54) is 49.9 Å². The zero-order chi connectivity index (χ0) is 13.7. The standard InChI is InChI=1S/C16H26ClNS/c1-3-4-12-5-6-13(11-18-2)14(9-12)10-15-7-8-16(17)19-15/h7-8,12-14,18H,3-6,9-11H2,1-2H3. The molecule has 19 heavy (non-hydrogen) atoms. The smallest absolute Gasteiger partial charge is 0.0931 e. The summed E-state index contributed by atoms with van der Waals surface area (Å²) in [5.74, 6) is 2.64. The van der Waals surface area contributed by atoms with Gasteiger partial charge in [0.05, 0.1) is 4.34 Å². The second-order valence-corrected chi connectivity index (χ2v) is 7.76. The number of rotatable bonds is 6. The van der Waals surface area contributed by atoms with Crippen LogP contribution in [0, 0.1) is 17.8 Å². The molecule has 0 aromatic carbocycles. The Balaban J connectivity index is 1.98. The van der Waals surface area contributed by atoms with Crippen LogP contribution in [0.25, 0.3) is 0 Å². The van der Waals surface area contributed by atoms with Crippen molar-refractivity contribution in [3.63, 3.8) is 0 Å². The van der Waals surface area contributed by atoms with Crippen LogP contribution in [-0.2, 0) is 6.42 Å². The Morgan fingerprint density at radius 1 is 1.32 bits per heavy atom. The lowest BCUT2D eigenvalue weighted by molar-refractivity contribution is 0.170. The second-order valence-electron chi connectivity index (χ2n) is 5.96. The Morgan fingerprint density at radius 3 is 2.79 bits per heavy atom. The average Bonchev–Trinajstić information content (AvgIpc) is 2.79. The van der Waals surface area contributed by atoms with Gasteiger partial charge in [-0.05, 0) is 62.7 Å². The van der Waals surface area contributed by atoms with Gasteiger partial charge in [-0.1, -0.05) is 37.8 Å². The highest BCUT2D eigenvalue weighted by Crippen LogP contribution is 2.39. The van der Waals surface area contributed by atoms with Gasteiger partial charge in [-0.2, -0.15) is 0 Å². The summed E-state index contributed by atoms with van der Waals surface area (Å²) in [6.45, 7) is 3.48. The molecule has 1 nitrogen and oxygen atoms in total. The van der Waals surface area contributed by atoms with E-state index in [-0.39, 0.29) is 0 Å². The Labute approximate surface area is 126 Å². The fraction of sp³-hybridized carbons (Fsp3) is 0.750. The zero-order valence-corrected chi connectivity index (χ0v) is 13.7. The van der Waals surface area contributed by atoms with Crippen LogP contribution in [0.15, 0.2) is 12.1 Å². The van der Waals surface area contributed by atoms with Crippen molar-refractivity contribution in [3.05, 3.63) is 21.3 Å². The van der Waals surface area contributed by atoms with Crippen LogP contribution in [0.2, 0.25) is 4.34 Å². The predicted molar refractivity (Wildman–Crippen MR) is 86.2 cm³/mol. The van der Waals surface area contributed by atoms with Crippen LogP contribution in [0.1, 0.15) is 43.9 Å². The predicted octanol–water partition coefficient (Wildman–Crippen LogP) is 5.00. The summed E-state index contributed by atoms with van der Waals surface area (Å²) in [6.07, 6.45) is 8.21. The minimum Gasteiger partial charge on any atom is -0.319 e. The van der Waals surface area contributed by atoms with E-state index >= 15 is 0 Å². The molecule has 0 spiro atoms. The van der Waals surface area contributed by atoms with E-state index in [2.05, 4.69) is 25.4 Å². The highest BCUT2D eigenvalue weighted by atomic mass is 35.5. The van der Waals surface area contributed by atoms with Crippen LogP contribution in [0.5, 0.6) is 0 Å². The highest BCUT2D eigenvalue weighted by Gasteiger charge is 2.29. The molecule has 1 aliphatic rings. The van der Waals surface area contributed by atoms with E-state index in [1.54, 1.807) is 11.3 Å². The van der Waals surface area contributed by atoms with Crippen LogP contribution in [-0.4, -0.2) is 13.6 Å². The highest BCUT2D eigenvalue weighted by molar-refractivity contribution is 7.16. The first kappa shape index (κ1) is 15.3. The molecule has 0 amide bonds. The molecule has 1 aromatic rings. The summed E-state index contributed by atoms with van der Waals surface area (Å²) in [5, 5.41) is 3.38. The minimum absolute atomic E-state index is 0.840. The van der Waals surface area contributed by atoms with Gasteiger partial charge >= 0.3 is 0 Å². The largest absolute Gasteiger partial charge is 0.319 e. The maximum atomic E-state index is 6.06. The number of halogens is 1. The van der Waals surface area contributed by atoms with Crippen LogP contribution >= 0.6 is 22.9 Å². The third-order valence-corrected chi connectivity index (χ3v) is 5.76. The van der Waals surface area contributed by atoms with Crippen molar-refractivity contribution in [2.45, 2.75) is 45.4 Å².